The molecule has 0 atom stereocenters. The molecule has 11 rings (SSSR count). The SMILES string of the molecule is Cc1ccc(N2B(c3ccccc3)N(c3ccccc3)B(c3ccccc3)N(c3ccccc3)B2c2ccccc2)cc1-c1c(C)ccc2c1oc1nc3ccccc3n12. The number of rotatable bonds is 7. The zero-order valence-corrected chi connectivity index (χ0v) is 33.5. The summed E-state index contributed by atoms with van der Waals surface area (Å²) in [5, 5.41) is 0. The van der Waals surface area contributed by atoms with Crippen LogP contribution in [0.5, 0.6) is 0 Å². The Kier molecular flexibility index (Phi) is 8.81. The smallest absolute Gasteiger partial charge is 0.388 e. The summed E-state index contributed by atoms with van der Waals surface area (Å²) < 4.78 is 16.7. The van der Waals surface area contributed by atoms with Crippen molar-refractivity contribution in [3.63, 3.8) is 0 Å². The van der Waals surface area contributed by atoms with Crippen LogP contribution in [0.15, 0.2) is 211 Å². The van der Waals surface area contributed by atoms with E-state index in [1.807, 2.05) is 12.1 Å². The fourth-order valence-corrected chi connectivity index (χ4v) is 9.41. The molecule has 1 saturated heterocycles. The van der Waals surface area contributed by atoms with Crippen molar-refractivity contribution in [3.8, 4) is 11.1 Å². The van der Waals surface area contributed by atoms with Gasteiger partial charge >= 0.3 is 26.8 Å². The first kappa shape index (κ1) is 35.8. The molecule has 0 spiro atoms. The van der Waals surface area contributed by atoms with E-state index in [1.165, 1.54) is 22.0 Å². The Morgan fingerprint density at radius 2 is 0.867 bits per heavy atom. The van der Waals surface area contributed by atoms with E-state index in [9.17, 15) is 0 Å². The number of imidazole rings is 1. The standard InChI is InChI=1S/C51H40B3N5O/c1-37-32-34-44(36-45(37)49-38(2)33-35-48-50(49)60-51-55-46-30-18-19-31-47(46)56(48)51)59-53(40-22-10-4-11-23-40)57(42-26-14-6-15-27-42)52(39-20-8-3-9-21-39)58(43-28-16-7-17-29-43)54(59)41-24-12-5-13-25-41/h3-36H,1-2H3. The molecule has 2 aromatic heterocycles. The van der Waals surface area contributed by atoms with E-state index in [1.54, 1.807) is 0 Å². The highest BCUT2D eigenvalue weighted by Crippen LogP contribution is 2.40. The number of benzene rings is 8. The zero-order chi connectivity index (χ0) is 40.2. The topological polar surface area (TPSA) is 40.2 Å². The van der Waals surface area contributed by atoms with Crippen molar-refractivity contribution in [2.24, 2.45) is 0 Å². The van der Waals surface area contributed by atoms with Crippen molar-refractivity contribution >= 4 is 82.4 Å². The highest BCUT2D eigenvalue weighted by molar-refractivity contribution is 7.14. The molecule has 1 aliphatic heterocycles. The van der Waals surface area contributed by atoms with Gasteiger partial charge in [0.15, 0.2) is 5.58 Å². The lowest BCUT2D eigenvalue weighted by Gasteiger charge is -2.57. The van der Waals surface area contributed by atoms with Crippen molar-refractivity contribution in [2.75, 3.05) is 14.2 Å². The van der Waals surface area contributed by atoms with Crippen molar-refractivity contribution < 1.29 is 4.42 Å². The van der Waals surface area contributed by atoms with E-state index >= 15 is 0 Å². The van der Waals surface area contributed by atoms with Crippen LogP contribution in [0.4, 0.5) is 17.1 Å². The van der Waals surface area contributed by atoms with Gasteiger partial charge in [-0.05, 0) is 102 Å². The molecule has 0 saturated carbocycles. The minimum absolute atomic E-state index is 0.197. The molecule has 8 aromatic carbocycles. The minimum atomic E-state index is -0.241. The summed E-state index contributed by atoms with van der Waals surface area (Å²) in [6, 6.07) is 74.3. The zero-order valence-electron chi connectivity index (χ0n) is 33.5. The van der Waals surface area contributed by atoms with Gasteiger partial charge < -0.3 is 18.6 Å². The lowest BCUT2D eigenvalue weighted by molar-refractivity contribution is 0.644. The van der Waals surface area contributed by atoms with Crippen molar-refractivity contribution in [3.05, 3.63) is 217 Å². The van der Waals surface area contributed by atoms with Crippen LogP contribution in [0.1, 0.15) is 11.1 Å². The summed E-state index contributed by atoms with van der Waals surface area (Å²) in [5.74, 6) is 0.597. The number of anilines is 3. The van der Waals surface area contributed by atoms with E-state index in [2.05, 4.69) is 227 Å². The summed E-state index contributed by atoms with van der Waals surface area (Å²) in [4.78, 5) is 4.90. The molecule has 0 bridgehead atoms. The number of para-hydroxylation sites is 4. The highest BCUT2D eigenvalue weighted by Gasteiger charge is 2.55. The summed E-state index contributed by atoms with van der Waals surface area (Å²) in [7, 11) is 0. The number of oxazole rings is 1. The van der Waals surface area contributed by atoms with Gasteiger partial charge in [-0.1, -0.05) is 152 Å². The number of nitrogens with zero attached hydrogens (tertiary/aromatic N) is 5. The summed E-state index contributed by atoms with van der Waals surface area (Å²) in [6.07, 6.45) is 0. The maximum absolute atomic E-state index is 6.76. The monoisotopic (exact) mass is 771 g/mol. The third-order valence-corrected chi connectivity index (χ3v) is 12.1. The molecule has 1 aliphatic rings. The van der Waals surface area contributed by atoms with E-state index < -0.39 is 0 Å². The summed E-state index contributed by atoms with van der Waals surface area (Å²) in [5.41, 5.74) is 15.2. The Morgan fingerprint density at radius 1 is 0.417 bits per heavy atom. The van der Waals surface area contributed by atoms with Crippen LogP contribution in [0.2, 0.25) is 0 Å². The molecule has 0 aliphatic carbocycles. The van der Waals surface area contributed by atoms with Gasteiger partial charge in [0.25, 0.3) is 0 Å². The molecule has 0 amide bonds. The number of aromatic nitrogens is 2. The predicted octanol–water partition coefficient (Wildman–Crippen LogP) is 9.54. The fourth-order valence-electron chi connectivity index (χ4n) is 9.41. The molecule has 9 heteroatoms. The van der Waals surface area contributed by atoms with E-state index in [0.717, 1.165) is 55.9 Å². The molecule has 0 radical (unpaired) electrons. The Hall–Kier alpha value is -7.38. The van der Waals surface area contributed by atoms with Crippen molar-refractivity contribution in [1.29, 1.82) is 0 Å². The molecule has 284 valence electrons. The molecule has 6 nitrogen and oxygen atoms in total. The van der Waals surface area contributed by atoms with Gasteiger partial charge in [-0.15, -0.1) is 0 Å². The van der Waals surface area contributed by atoms with Crippen LogP contribution in [0, 0.1) is 13.8 Å². The quantitative estimate of drug-likeness (QED) is 0.151. The number of aryl methyl sites for hydroxylation is 2. The molecule has 1 fully saturated rings. The molecule has 60 heavy (non-hydrogen) atoms. The third kappa shape index (κ3) is 5.88. The Labute approximate surface area is 351 Å². The first-order chi connectivity index (χ1) is 29.6. The van der Waals surface area contributed by atoms with Crippen LogP contribution in [-0.4, -0.2) is 30.3 Å². The number of fused-ring (bicyclic) bond motifs is 5. The Bertz CT molecular complexity index is 3020. The summed E-state index contributed by atoms with van der Waals surface area (Å²) in [6.45, 7) is 3.71. The largest absolute Gasteiger partial charge is 0.422 e. The van der Waals surface area contributed by atoms with Crippen molar-refractivity contribution in [1.82, 2.24) is 9.38 Å². The predicted molar refractivity (Wildman–Crippen MR) is 253 cm³/mol. The second-order valence-corrected chi connectivity index (χ2v) is 15.7. The van der Waals surface area contributed by atoms with Crippen LogP contribution < -0.4 is 30.6 Å². The Balaban J connectivity index is 1.21. The maximum atomic E-state index is 6.76. The normalized spacial score (nSPS) is 13.3. The van der Waals surface area contributed by atoms with Crippen molar-refractivity contribution in [2.45, 2.75) is 13.8 Å². The van der Waals surface area contributed by atoms with Crippen LogP contribution in [0.3, 0.4) is 0 Å². The molecule has 0 N–H and O–H groups in total. The lowest BCUT2D eigenvalue weighted by Crippen LogP contribution is -2.86. The lowest BCUT2D eigenvalue weighted by atomic mass is 9.37. The third-order valence-electron chi connectivity index (χ3n) is 12.1. The van der Waals surface area contributed by atoms with Crippen LogP contribution in [0.25, 0.3) is 39.1 Å². The average molecular weight is 771 g/mol. The van der Waals surface area contributed by atoms with Gasteiger partial charge in [0, 0.05) is 22.6 Å². The molecular formula is C51H40B3N5O. The number of hydrogen-bond donors (Lipinski definition) is 0. The second-order valence-electron chi connectivity index (χ2n) is 15.7. The second kappa shape index (κ2) is 14.8. The van der Waals surface area contributed by atoms with Gasteiger partial charge in [-0.2, -0.15) is 4.98 Å². The van der Waals surface area contributed by atoms with E-state index in [0.29, 0.717) is 5.84 Å². The first-order valence-electron chi connectivity index (χ1n) is 20.6. The maximum Gasteiger partial charge on any atom is 0.388 e. The van der Waals surface area contributed by atoms with E-state index in [-0.39, 0.29) is 20.9 Å². The fraction of sp³-hybridized carbons (Fsp3) is 0.0392. The molecule has 0 unspecified atom stereocenters. The average Bonchev–Trinajstić information content (AvgIpc) is 3.86. The highest BCUT2D eigenvalue weighted by atomic mass is 16.4. The molecule has 10 aromatic rings. The van der Waals surface area contributed by atoms with E-state index in [4.69, 9.17) is 9.40 Å². The van der Waals surface area contributed by atoms with Gasteiger partial charge in [0.1, 0.15) is 0 Å². The van der Waals surface area contributed by atoms with Gasteiger partial charge in [0.2, 0.25) is 0 Å². The van der Waals surface area contributed by atoms with Crippen LogP contribution in [-0.2, 0) is 0 Å². The van der Waals surface area contributed by atoms with Gasteiger partial charge in [-0.25, -0.2) is 0 Å². The van der Waals surface area contributed by atoms with Gasteiger partial charge in [0.05, 0.1) is 16.6 Å². The Morgan fingerprint density at radius 3 is 1.40 bits per heavy atom. The molecule has 3 heterocycles. The minimum Gasteiger partial charge on any atom is -0.422 e. The molecular weight excluding hydrogens is 731 g/mol. The number of hydrogen-bond acceptors (Lipinski definition) is 5. The summed E-state index contributed by atoms with van der Waals surface area (Å²) >= 11 is 0. The first-order valence-corrected chi connectivity index (χ1v) is 20.6. The van der Waals surface area contributed by atoms with Crippen LogP contribution >= 0.6 is 0 Å². The van der Waals surface area contributed by atoms with Gasteiger partial charge in [-0.3, -0.25) is 4.40 Å².